The zero-order valence-corrected chi connectivity index (χ0v) is 15.3. The molecule has 0 aliphatic carbocycles. The lowest BCUT2D eigenvalue weighted by atomic mass is 10.1. The van der Waals surface area contributed by atoms with Gasteiger partial charge < -0.3 is 4.90 Å². The smallest absolute Gasteiger partial charge is 0.225 e. The number of aromatic nitrogens is 3. The van der Waals surface area contributed by atoms with E-state index in [-0.39, 0.29) is 17.9 Å². The second-order valence-corrected chi connectivity index (χ2v) is 7.04. The molecular formula is C19H27N5O. The standard InChI is InChI=1S/C19H27N5O/c1-14(2)19(25)24-11-7-10-23(12-16-8-5-4-6-9-16)17(13-24)18-20-15(3)21-22-18/h4-6,8-9,14,17H,7,10-13H2,1-3H3,(H,20,21,22). The maximum absolute atomic E-state index is 12.6. The van der Waals surface area contributed by atoms with Gasteiger partial charge in [0.25, 0.3) is 0 Å². The van der Waals surface area contributed by atoms with Gasteiger partial charge in [-0.05, 0) is 18.9 Å². The van der Waals surface area contributed by atoms with E-state index in [2.05, 4.69) is 44.3 Å². The van der Waals surface area contributed by atoms with Gasteiger partial charge in [0.2, 0.25) is 5.91 Å². The molecule has 1 fully saturated rings. The zero-order chi connectivity index (χ0) is 17.8. The molecule has 1 aliphatic heterocycles. The second kappa shape index (κ2) is 7.78. The SMILES string of the molecule is Cc1nc(C2CN(C(=O)C(C)C)CCCN2Cc2ccccc2)n[nH]1. The average Bonchev–Trinajstić information content (AvgIpc) is 2.92. The van der Waals surface area contributed by atoms with E-state index >= 15 is 0 Å². The van der Waals surface area contributed by atoms with Crippen LogP contribution >= 0.6 is 0 Å². The Morgan fingerprint density at radius 3 is 2.68 bits per heavy atom. The van der Waals surface area contributed by atoms with Crippen molar-refractivity contribution in [2.24, 2.45) is 5.92 Å². The first-order valence-electron chi connectivity index (χ1n) is 9.00. The lowest BCUT2D eigenvalue weighted by Gasteiger charge is -2.30. The van der Waals surface area contributed by atoms with Crippen molar-refractivity contribution in [2.45, 2.75) is 39.8 Å². The first-order valence-corrected chi connectivity index (χ1v) is 9.00. The molecule has 3 rings (SSSR count). The molecule has 1 unspecified atom stereocenters. The molecule has 1 amide bonds. The molecule has 134 valence electrons. The number of hydrogen-bond donors (Lipinski definition) is 1. The van der Waals surface area contributed by atoms with E-state index in [4.69, 9.17) is 0 Å². The molecule has 25 heavy (non-hydrogen) atoms. The number of rotatable bonds is 4. The molecule has 1 atom stereocenters. The summed E-state index contributed by atoms with van der Waals surface area (Å²) in [6, 6.07) is 10.5. The molecule has 0 bridgehead atoms. The number of nitrogens with zero attached hydrogens (tertiary/aromatic N) is 4. The third kappa shape index (κ3) is 4.25. The van der Waals surface area contributed by atoms with E-state index in [0.717, 1.165) is 37.7 Å². The Bertz CT molecular complexity index is 697. The molecule has 1 aromatic carbocycles. The highest BCUT2D eigenvalue weighted by atomic mass is 16.2. The van der Waals surface area contributed by atoms with Crippen LogP contribution in [0.5, 0.6) is 0 Å². The van der Waals surface area contributed by atoms with Crippen LogP contribution in [0.3, 0.4) is 0 Å². The zero-order valence-electron chi connectivity index (χ0n) is 15.3. The van der Waals surface area contributed by atoms with E-state index in [1.54, 1.807) is 0 Å². The van der Waals surface area contributed by atoms with Crippen LogP contribution in [0.15, 0.2) is 30.3 Å². The molecule has 2 aromatic rings. The van der Waals surface area contributed by atoms with Gasteiger partial charge in [0.1, 0.15) is 5.82 Å². The normalized spacial score (nSPS) is 19.2. The Labute approximate surface area is 149 Å². The van der Waals surface area contributed by atoms with Crippen molar-refractivity contribution in [3.63, 3.8) is 0 Å². The molecule has 1 aliphatic rings. The Hall–Kier alpha value is -2.21. The van der Waals surface area contributed by atoms with Crippen molar-refractivity contribution in [3.05, 3.63) is 47.5 Å². The fraction of sp³-hybridized carbons (Fsp3) is 0.526. The Kier molecular flexibility index (Phi) is 5.48. The van der Waals surface area contributed by atoms with Crippen molar-refractivity contribution in [1.82, 2.24) is 25.0 Å². The summed E-state index contributed by atoms with van der Waals surface area (Å²) in [4.78, 5) is 21.5. The molecule has 2 heterocycles. The molecule has 0 saturated carbocycles. The summed E-state index contributed by atoms with van der Waals surface area (Å²) in [5.74, 6) is 1.80. The highest BCUT2D eigenvalue weighted by molar-refractivity contribution is 5.78. The topological polar surface area (TPSA) is 65.1 Å². The van der Waals surface area contributed by atoms with Crippen LogP contribution in [-0.4, -0.2) is 50.5 Å². The van der Waals surface area contributed by atoms with Gasteiger partial charge in [-0.3, -0.25) is 14.8 Å². The number of hydrogen-bond acceptors (Lipinski definition) is 4. The maximum Gasteiger partial charge on any atom is 0.225 e. The van der Waals surface area contributed by atoms with Gasteiger partial charge in [-0.1, -0.05) is 44.2 Å². The van der Waals surface area contributed by atoms with Crippen molar-refractivity contribution in [1.29, 1.82) is 0 Å². The van der Waals surface area contributed by atoms with Crippen LogP contribution in [0, 0.1) is 12.8 Å². The second-order valence-electron chi connectivity index (χ2n) is 7.04. The minimum Gasteiger partial charge on any atom is -0.340 e. The lowest BCUT2D eigenvalue weighted by Crippen LogP contribution is -2.39. The van der Waals surface area contributed by atoms with Gasteiger partial charge in [-0.15, -0.1) is 0 Å². The number of nitrogens with one attached hydrogen (secondary N) is 1. The van der Waals surface area contributed by atoms with Gasteiger partial charge in [0.05, 0.1) is 6.04 Å². The highest BCUT2D eigenvalue weighted by Crippen LogP contribution is 2.25. The van der Waals surface area contributed by atoms with Crippen LogP contribution in [0.1, 0.15) is 43.5 Å². The third-order valence-electron chi connectivity index (χ3n) is 4.65. The Morgan fingerprint density at radius 1 is 1.28 bits per heavy atom. The van der Waals surface area contributed by atoms with Gasteiger partial charge in [0.15, 0.2) is 5.82 Å². The van der Waals surface area contributed by atoms with Crippen molar-refractivity contribution < 1.29 is 4.79 Å². The minimum absolute atomic E-state index is 0.00945. The largest absolute Gasteiger partial charge is 0.340 e. The third-order valence-corrected chi connectivity index (χ3v) is 4.65. The number of aromatic amines is 1. The predicted molar refractivity (Wildman–Crippen MR) is 96.7 cm³/mol. The van der Waals surface area contributed by atoms with Gasteiger partial charge in [-0.25, -0.2) is 4.98 Å². The summed E-state index contributed by atoms with van der Waals surface area (Å²) >= 11 is 0. The van der Waals surface area contributed by atoms with Crippen molar-refractivity contribution >= 4 is 5.91 Å². The minimum atomic E-state index is 0.00945. The van der Waals surface area contributed by atoms with E-state index in [9.17, 15) is 4.79 Å². The number of aryl methyl sites for hydroxylation is 1. The van der Waals surface area contributed by atoms with E-state index < -0.39 is 0 Å². The lowest BCUT2D eigenvalue weighted by molar-refractivity contribution is -0.134. The molecule has 1 aromatic heterocycles. The fourth-order valence-electron chi connectivity index (χ4n) is 3.36. The first kappa shape index (κ1) is 17.6. The van der Waals surface area contributed by atoms with Crippen molar-refractivity contribution in [2.75, 3.05) is 19.6 Å². The van der Waals surface area contributed by atoms with Crippen LogP contribution in [0.4, 0.5) is 0 Å². The van der Waals surface area contributed by atoms with Gasteiger partial charge >= 0.3 is 0 Å². The number of carbonyl (C=O) groups excluding carboxylic acids is 1. The van der Waals surface area contributed by atoms with E-state index in [0.29, 0.717) is 6.54 Å². The summed E-state index contributed by atoms with van der Waals surface area (Å²) in [6.45, 7) is 9.02. The fourth-order valence-corrected chi connectivity index (χ4v) is 3.36. The Balaban J connectivity index is 1.86. The van der Waals surface area contributed by atoms with Crippen LogP contribution in [0.25, 0.3) is 0 Å². The molecule has 1 N–H and O–H groups in total. The highest BCUT2D eigenvalue weighted by Gasteiger charge is 2.31. The number of H-pyrrole nitrogens is 1. The first-order chi connectivity index (χ1) is 12.0. The van der Waals surface area contributed by atoms with Crippen molar-refractivity contribution in [3.8, 4) is 0 Å². The molecule has 6 heteroatoms. The summed E-state index contributed by atoms with van der Waals surface area (Å²) in [7, 11) is 0. The monoisotopic (exact) mass is 341 g/mol. The number of benzene rings is 1. The summed E-state index contributed by atoms with van der Waals surface area (Å²) in [5.41, 5.74) is 1.27. The maximum atomic E-state index is 12.6. The van der Waals surface area contributed by atoms with E-state index in [1.165, 1.54) is 5.56 Å². The summed E-state index contributed by atoms with van der Waals surface area (Å²) in [5, 5.41) is 7.34. The molecule has 1 saturated heterocycles. The summed E-state index contributed by atoms with van der Waals surface area (Å²) in [6.07, 6.45) is 0.963. The van der Waals surface area contributed by atoms with Crippen LogP contribution < -0.4 is 0 Å². The average molecular weight is 341 g/mol. The molecule has 0 spiro atoms. The number of carbonyl (C=O) groups is 1. The summed E-state index contributed by atoms with van der Waals surface area (Å²) < 4.78 is 0. The number of amides is 1. The predicted octanol–water partition coefficient (Wildman–Crippen LogP) is 2.54. The van der Waals surface area contributed by atoms with Gasteiger partial charge in [-0.2, -0.15) is 5.10 Å². The van der Waals surface area contributed by atoms with Crippen LogP contribution in [-0.2, 0) is 11.3 Å². The van der Waals surface area contributed by atoms with E-state index in [1.807, 2.05) is 31.7 Å². The Morgan fingerprint density at radius 2 is 2.04 bits per heavy atom. The molecular weight excluding hydrogens is 314 g/mol. The van der Waals surface area contributed by atoms with Gasteiger partial charge in [0, 0.05) is 32.1 Å². The quantitative estimate of drug-likeness (QED) is 0.928. The molecule has 6 nitrogen and oxygen atoms in total. The molecule has 0 radical (unpaired) electrons. The van der Waals surface area contributed by atoms with Crippen LogP contribution in [0.2, 0.25) is 0 Å².